The number of anilines is 1. The van der Waals surface area contributed by atoms with Crippen LogP contribution >= 0.6 is 0 Å². The Kier molecular flexibility index (Phi) is 6.56. The van der Waals surface area contributed by atoms with E-state index in [1.54, 1.807) is 36.2 Å². The van der Waals surface area contributed by atoms with Crippen LogP contribution in [0.25, 0.3) is 21.8 Å². The smallest absolute Gasteiger partial charge is 0.255 e. The number of para-hydroxylation sites is 2. The fourth-order valence-electron chi connectivity index (χ4n) is 4.60. The predicted octanol–water partition coefficient (Wildman–Crippen LogP) is 5.63. The van der Waals surface area contributed by atoms with E-state index in [0.29, 0.717) is 22.0 Å². The lowest BCUT2D eigenvalue weighted by molar-refractivity contribution is -0.132. The molecule has 0 radical (unpaired) electrons. The Balaban J connectivity index is 1.40. The molecule has 0 unspecified atom stereocenters. The second-order valence-electron chi connectivity index (χ2n) is 9.08. The summed E-state index contributed by atoms with van der Waals surface area (Å²) < 4.78 is 1.91. The van der Waals surface area contributed by atoms with E-state index >= 15 is 0 Å². The van der Waals surface area contributed by atoms with Crippen molar-refractivity contribution in [2.75, 3.05) is 12.4 Å². The first kappa shape index (κ1) is 24.0. The highest BCUT2D eigenvalue weighted by atomic mass is 16.2. The van der Waals surface area contributed by atoms with Gasteiger partial charge in [0.2, 0.25) is 5.91 Å². The molecule has 1 heterocycles. The van der Waals surface area contributed by atoms with Crippen molar-refractivity contribution in [2.45, 2.75) is 19.5 Å². The maximum absolute atomic E-state index is 13.5. The Bertz CT molecular complexity index is 1610. The van der Waals surface area contributed by atoms with E-state index in [0.717, 1.165) is 16.6 Å². The van der Waals surface area contributed by atoms with Crippen molar-refractivity contribution in [3.05, 3.63) is 124 Å². The fourth-order valence-corrected chi connectivity index (χ4v) is 4.60. The molecule has 184 valence electrons. The molecule has 1 N–H and O–H groups in total. The Hall–Kier alpha value is -4.71. The zero-order chi connectivity index (χ0) is 25.9. The van der Waals surface area contributed by atoms with Crippen LogP contribution in [0.4, 0.5) is 5.69 Å². The van der Waals surface area contributed by atoms with Gasteiger partial charge in [0.15, 0.2) is 5.43 Å². The third-order valence-corrected chi connectivity index (χ3v) is 6.81. The summed E-state index contributed by atoms with van der Waals surface area (Å²) in [6.45, 7) is 2.05. The van der Waals surface area contributed by atoms with E-state index in [-0.39, 0.29) is 29.8 Å². The van der Waals surface area contributed by atoms with Crippen LogP contribution in [0.15, 0.2) is 108 Å². The first-order valence-corrected chi connectivity index (χ1v) is 12.2. The van der Waals surface area contributed by atoms with Crippen molar-refractivity contribution in [1.82, 2.24) is 9.47 Å². The van der Waals surface area contributed by atoms with Crippen LogP contribution in [-0.4, -0.2) is 28.3 Å². The van der Waals surface area contributed by atoms with Gasteiger partial charge in [-0.15, -0.1) is 0 Å². The van der Waals surface area contributed by atoms with Crippen LogP contribution in [0, 0.1) is 0 Å². The highest BCUT2D eigenvalue weighted by Gasteiger charge is 2.20. The molecule has 0 fully saturated rings. The summed E-state index contributed by atoms with van der Waals surface area (Å²) in [6.07, 6.45) is 0. The molecule has 0 saturated carbocycles. The summed E-state index contributed by atoms with van der Waals surface area (Å²) in [4.78, 5) is 40.8. The molecule has 37 heavy (non-hydrogen) atoms. The number of benzene rings is 4. The van der Waals surface area contributed by atoms with Crippen molar-refractivity contribution in [1.29, 1.82) is 0 Å². The third kappa shape index (κ3) is 4.74. The van der Waals surface area contributed by atoms with Crippen molar-refractivity contribution in [3.63, 3.8) is 0 Å². The van der Waals surface area contributed by atoms with E-state index in [1.807, 2.05) is 90.4 Å². The number of rotatable bonds is 6. The summed E-state index contributed by atoms with van der Waals surface area (Å²) in [5, 5.41) is 4.11. The third-order valence-electron chi connectivity index (χ3n) is 6.81. The highest BCUT2D eigenvalue weighted by Crippen LogP contribution is 2.24. The first-order valence-electron chi connectivity index (χ1n) is 12.2. The summed E-state index contributed by atoms with van der Waals surface area (Å²) in [5.41, 5.74) is 3.56. The van der Waals surface area contributed by atoms with Crippen LogP contribution < -0.4 is 10.7 Å². The van der Waals surface area contributed by atoms with Crippen LogP contribution in [0.3, 0.4) is 0 Å². The second-order valence-corrected chi connectivity index (χ2v) is 9.08. The molecule has 0 aliphatic heterocycles. The molecule has 6 nitrogen and oxygen atoms in total. The van der Waals surface area contributed by atoms with Crippen LogP contribution in [-0.2, 0) is 11.3 Å². The average molecular weight is 490 g/mol. The van der Waals surface area contributed by atoms with E-state index in [2.05, 4.69) is 5.32 Å². The van der Waals surface area contributed by atoms with Crippen molar-refractivity contribution < 1.29 is 9.59 Å². The topological polar surface area (TPSA) is 71.4 Å². The Labute approximate surface area is 214 Å². The van der Waals surface area contributed by atoms with Gasteiger partial charge in [0.05, 0.1) is 17.1 Å². The molecular weight excluding hydrogens is 462 g/mol. The number of hydrogen-bond acceptors (Lipinski definition) is 3. The summed E-state index contributed by atoms with van der Waals surface area (Å²) in [6, 6.07) is 31.1. The summed E-state index contributed by atoms with van der Waals surface area (Å²) in [7, 11) is 1.77. The van der Waals surface area contributed by atoms with Gasteiger partial charge in [-0.1, -0.05) is 54.6 Å². The number of aromatic nitrogens is 1. The Morgan fingerprint density at radius 2 is 1.41 bits per heavy atom. The van der Waals surface area contributed by atoms with E-state index in [4.69, 9.17) is 0 Å². The molecule has 0 spiro atoms. The Morgan fingerprint density at radius 3 is 2.05 bits per heavy atom. The monoisotopic (exact) mass is 489 g/mol. The molecule has 0 bridgehead atoms. The molecular formula is C31H27N3O3. The van der Waals surface area contributed by atoms with Gasteiger partial charge in [-0.05, 0) is 61.0 Å². The molecule has 0 aliphatic rings. The molecule has 6 heteroatoms. The van der Waals surface area contributed by atoms with Crippen LogP contribution in [0.1, 0.15) is 28.9 Å². The van der Waals surface area contributed by atoms with Crippen molar-refractivity contribution >= 4 is 39.3 Å². The second kappa shape index (κ2) is 10.1. The Morgan fingerprint density at radius 1 is 0.811 bits per heavy atom. The number of nitrogens with zero attached hydrogens (tertiary/aromatic N) is 2. The number of likely N-dealkylation sites (N-methyl/N-ethyl adjacent to an activating group) is 1. The highest BCUT2D eigenvalue weighted by molar-refractivity contribution is 6.04. The van der Waals surface area contributed by atoms with Gasteiger partial charge in [0.25, 0.3) is 5.91 Å². The SMILES string of the molecule is C[C@H](c1cccc(NC(=O)c2ccccc2)c1)N(C)C(=O)Cn1c2ccccc2c(=O)c2ccccc21. The van der Waals surface area contributed by atoms with E-state index in [1.165, 1.54) is 0 Å². The van der Waals surface area contributed by atoms with Gasteiger partial charge in [-0.3, -0.25) is 14.4 Å². The molecule has 0 saturated heterocycles. The number of fused-ring (bicyclic) bond motifs is 2. The van der Waals surface area contributed by atoms with Gasteiger partial charge in [-0.25, -0.2) is 0 Å². The zero-order valence-electron chi connectivity index (χ0n) is 20.7. The van der Waals surface area contributed by atoms with Crippen LogP contribution in [0.2, 0.25) is 0 Å². The number of hydrogen-bond donors (Lipinski definition) is 1. The average Bonchev–Trinajstić information content (AvgIpc) is 2.95. The minimum absolute atomic E-state index is 0.0361. The maximum Gasteiger partial charge on any atom is 0.255 e. The predicted molar refractivity (Wildman–Crippen MR) is 148 cm³/mol. The van der Waals surface area contributed by atoms with Crippen molar-refractivity contribution in [3.8, 4) is 0 Å². The first-order chi connectivity index (χ1) is 17.9. The maximum atomic E-state index is 13.5. The molecule has 1 aromatic heterocycles. The fraction of sp³-hybridized carbons (Fsp3) is 0.129. The van der Waals surface area contributed by atoms with Gasteiger partial charge < -0.3 is 14.8 Å². The van der Waals surface area contributed by atoms with E-state index < -0.39 is 0 Å². The number of amides is 2. The van der Waals surface area contributed by atoms with Gasteiger partial charge in [0.1, 0.15) is 6.54 Å². The minimum atomic E-state index is -0.238. The standard InChI is InChI=1S/C31H27N3O3/c1-21(23-13-10-14-24(19-23)32-31(37)22-11-4-3-5-12-22)33(2)29(35)20-34-27-17-8-6-15-25(27)30(36)26-16-7-9-18-28(26)34/h3-19,21H,20H2,1-2H3,(H,32,37)/t21-/m1/s1. The normalized spacial score (nSPS) is 11.8. The number of nitrogens with one attached hydrogen (secondary N) is 1. The lowest BCUT2D eigenvalue weighted by Crippen LogP contribution is -2.33. The lowest BCUT2D eigenvalue weighted by atomic mass is 10.1. The number of carbonyl (C=O) groups is 2. The van der Waals surface area contributed by atoms with Crippen LogP contribution in [0.5, 0.6) is 0 Å². The number of carbonyl (C=O) groups excluding carboxylic acids is 2. The zero-order valence-corrected chi connectivity index (χ0v) is 20.7. The quantitative estimate of drug-likeness (QED) is 0.315. The van der Waals surface area contributed by atoms with Gasteiger partial charge >= 0.3 is 0 Å². The molecule has 5 rings (SSSR count). The summed E-state index contributed by atoms with van der Waals surface area (Å²) >= 11 is 0. The molecule has 5 aromatic rings. The largest absolute Gasteiger partial charge is 0.337 e. The molecule has 2 amide bonds. The summed E-state index contributed by atoms with van der Waals surface area (Å²) in [5.74, 6) is -0.281. The van der Waals surface area contributed by atoms with Crippen molar-refractivity contribution in [2.24, 2.45) is 0 Å². The molecule has 4 aromatic carbocycles. The van der Waals surface area contributed by atoms with Gasteiger partial charge in [-0.2, -0.15) is 0 Å². The molecule has 1 atom stereocenters. The lowest BCUT2D eigenvalue weighted by Gasteiger charge is -2.27. The minimum Gasteiger partial charge on any atom is -0.337 e. The molecule has 0 aliphatic carbocycles. The van der Waals surface area contributed by atoms with Gasteiger partial charge in [0, 0.05) is 29.1 Å². The number of pyridine rings is 1. The van der Waals surface area contributed by atoms with E-state index in [9.17, 15) is 14.4 Å².